The topological polar surface area (TPSA) is 18.5 Å². The highest BCUT2D eigenvalue weighted by Crippen LogP contribution is 2.45. The minimum atomic E-state index is -0.0972. The van der Waals surface area contributed by atoms with Crippen molar-refractivity contribution in [3.8, 4) is 11.5 Å². The van der Waals surface area contributed by atoms with E-state index in [-0.39, 0.29) is 5.60 Å². The Morgan fingerprint density at radius 1 is 0.969 bits per heavy atom. The zero-order valence-corrected chi connectivity index (χ0v) is 23.7. The van der Waals surface area contributed by atoms with Gasteiger partial charge in [0, 0.05) is 5.56 Å². The summed E-state index contributed by atoms with van der Waals surface area (Å²) >= 11 is 2.42. The van der Waals surface area contributed by atoms with Crippen LogP contribution in [0.25, 0.3) is 0 Å². The number of rotatable bonds is 10. The molecule has 1 aliphatic heterocycles. The molecule has 1 atom stereocenters. The minimum absolute atomic E-state index is 0.0972. The van der Waals surface area contributed by atoms with Crippen LogP contribution in [0.4, 0.5) is 0 Å². The lowest BCUT2D eigenvalue weighted by Gasteiger charge is -2.38. The molecule has 32 heavy (non-hydrogen) atoms. The number of methoxy groups -OCH3 is 1. The molecule has 0 unspecified atom stereocenters. The molecule has 1 aliphatic rings. The SMILES string of the molecule is COc1c(C)c(C)c2c(c1I)CC[C@@](C)(CCC=C(C)CCC=C(C)CCC=C(C)C)O2. The number of benzene rings is 1. The molecule has 0 spiro atoms. The average Bonchev–Trinajstić information content (AvgIpc) is 2.72. The fraction of sp³-hybridized carbons (Fsp3) is 0.586. The van der Waals surface area contributed by atoms with E-state index in [4.69, 9.17) is 9.47 Å². The fourth-order valence-electron chi connectivity index (χ4n) is 4.40. The number of allylic oxidation sites excluding steroid dienone is 6. The van der Waals surface area contributed by atoms with E-state index in [1.54, 1.807) is 7.11 Å². The standard InChI is InChI=1S/C29H43IO2/c1-20(2)12-9-13-21(3)14-10-15-22(4)16-11-18-29(7)19-17-25-26(30)28(31-8)24(6)23(5)27(25)32-29/h12,14,16H,9-11,13,15,17-19H2,1-8H3/t29-/m1/s1. The van der Waals surface area contributed by atoms with E-state index in [2.05, 4.69) is 89.3 Å². The Kier molecular flexibility index (Phi) is 10.4. The number of hydrogen-bond donors (Lipinski definition) is 0. The summed E-state index contributed by atoms with van der Waals surface area (Å²) in [5.74, 6) is 2.10. The van der Waals surface area contributed by atoms with Crippen molar-refractivity contribution < 1.29 is 9.47 Å². The highest BCUT2D eigenvalue weighted by atomic mass is 127. The number of ether oxygens (including phenoxy) is 2. The van der Waals surface area contributed by atoms with Crippen LogP contribution in [0.1, 0.15) is 96.3 Å². The first-order chi connectivity index (χ1) is 15.1. The van der Waals surface area contributed by atoms with E-state index < -0.39 is 0 Å². The summed E-state index contributed by atoms with van der Waals surface area (Å²) in [6.45, 7) is 15.5. The second-order valence-corrected chi connectivity index (χ2v) is 11.0. The van der Waals surface area contributed by atoms with Crippen LogP contribution in [0.3, 0.4) is 0 Å². The molecular weight excluding hydrogens is 507 g/mol. The van der Waals surface area contributed by atoms with Gasteiger partial charge in [0.15, 0.2) is 0 Å². The molecule has 0 aromatic heterocycles. The van der Waals surface area contributed by atoms with Gasteiger partial charge in [-0.3, -0.25) is 0 Å². The number of hydrogen-bond acceptors (Lipinski definition) is 2. The molecule has 0 N–H and O–H groups in total. The van der Waals surface area contributed by atoms with Gasteiger partial charge in [-0.25, -0.2) is 0 Å². The van der Waals surface area contributed by atoms with Crippen LogP contribution < -0.4 is 9.47 Å². The van der Waals surface area contributed by atoms with Crippen LogP contribution in [-0.4, -0.2) is 12.7 Å². The summed E-state index contributed by atoms with van der Waals surface area (Å²) in [5.41, 5.74) is 8.05. The van der Waals surface area contributed by atoms with Crippen molar-refractivity contribution in [1.29, 1.82) is 0 Å². The number of fused-ring (bicyclic) bond motifs is 1. The third-order valence-electron chi connectivity index (χ3n) is 6.73. The normalized spacial score (nSPS) is 18.8. The molecule has 178 valence electrons. The van der Waals surface area contributed by atoms with Crippen molar-refractivity contribution in [2.45, 2.75) is 105 Å². The molecule has 0 radical (unpaired) electrons. The average molecular weight is 551 g/mol. The maximum atomic E-state index is 6.66. The summed E-state index contributed by atoms with van der Waals surface area (Å²) in [6, 6.07) is 0. The summed E-state index contributed by atoms with van der Waals surface area (Å²) < 4.78 is 13.5. The Bertz CT molecular complexity index is 887. The van der Waals surface area contributed by atoms with Crippen LogP contribution in [0, 0.1) is 17.4 Å². The van der Waals surface area contributed by atoms with Gasteiger partial charge in [0.25, 0.3) is 0 Å². The molecule has 2 nitrogen and oxygen atoms in total. The van der Waals surface area contributed by atoms with Gasteiger partial charge in [0.1, 0.15) is 17.1 Å². The Balaban J connectivity index is 1.91. The molecule has 1 heterocycles. The van der Waals surface area contributed by atoms with E-state index >= 15 is 0 Å². The summed E-state index contributed by atoms with van der Waals surface area (Å²) in [6.07, 6.45) is 16.0. The van der Waals surface area contributed by atoms with Crippen molar-refractivity contribution in [2.75, 3.05) is 7.11 Å². The van der Waals surface area contributed by atoms with Crippen molar-refractivity contribution in [3.05, 3.63) is 55.2 Å². The lowest BCUT2D eigenvalue weighted by atomic mass is 9.86. The van der Waals surface area contributed by atoms with Gasteiger partial charge in [-0.2, -0.15) is 0 Å². The molecule has 3 heteroatoms. The molecule has 0 fully saturated rings. The smallest absolute Gasteiger partial charge is 0.135 e. The second-order valence-electron chi connectivity index (χ2n) is 9.96. The zero-order valence-electron chi connectivity index (χ0n) is 21.6. The van der Waals surface area contributed by atoms with Crippen LogP contribution in [0.5, 0.6) is 11.5 Å². The van der Waals surface area contributed by atoms with Gasteiger partial charge in [0.05, 0.1) is 10.7 Å². The molecule has 0 amide bonds. The third kappa shape index (κ3) is 7.40. The summed E-state index contributed by atoms with van der Waals surface area (Å²) in [7, 11) is 1.76. The predicted octanol–water partition coefficient (Wildman–Crippen LogP) is 9.20. The largest absolute Gasteiger partial charge is 0.495 e. The lowest BCUT2D eigenvalue weighted by Crippen LogP contribution is -2.37. The molecule has 0 aliphatic carbocycles. The highest BCUT2D eigenvalue weighted by molar-refractivity contribution is 14.1. The number of halogens is 1. The van der Waals surface area contributed by atoms with Gasteiger partial charge in [-0.05, 0) is 134 Å². The van der Waals surface area contributed by atoms with E-state index in [1.165, 1.54) is 43.4 Å². The second kappa shape index (κ2) is 12.3. The van der Waals surface area contributed by atoms with E-state index in [1.807, 2.05) is 0 Å². The Hall–Kier alpha value is -1.23. The molecule has 1 aromatic rings. The molecule has 2 rings (SSSR count). The van der Waals surface area contributed by atoms with E-state index in [0.717, 1.165) is 56.4 Å². The monoisotopic (exact) mass is 550 g/mol. The van der Waals surface area contributed by atoms with Crippen LogP contribution in [-0.2, 0) is 6.42 Å². The van der Waals surface area contributed by atoms with Gasteiger partial charge < -0.3 is 9.47 Å². The third-order valence-corrected chi connectivity index (χ3v) is 7.87. The Morgan fingerprint density at radius 3 is 2.16 bits per heavy atom. The van der Waals surface area contributed by atoms with Gasteiger partial charge in [-0.1, -0.05) is 34.9 Å². The van der Waals surface area contributed by atoms with Gasteiger partial charge in [-0.15, -0.1) is 0 Å². The van der Waals surface area contributed by atoms with Gasteiger partial charge >= 0.3 is 0 Å². The van der Waals surface area contributed by atoms with Crippen LogP contribution in [0.2, 0.25) is 0 Å². The van der Waals surface area contributed by atoms with Crippen molar-refractivity contribution >= 4 is 22.6 Å². The molecule has 1 aromatic carbocycles. The fourth-order valence-corrected chi connectivity index (χ4v) is 5.54. The first-order valence-corrected chi connectivity index (χ1v) is 13.1. The van der Waals surface area contributed by atoms with Crippen LogP contribution in [0.15, 0.2) is 34.9 Å². The molecule has 0 bridgehead atoms. The van der Waals surface area contributed by atoms with Gasteiger partial charge in [0.2, 0.25) is 0 Å². The molecular formula is C29H43IO2. The predicted molar refractivity (Wildman–Crippen MR) is 147 cm³/mol. The lowest BCUT2D eigenvalue weighted by molar-refractivity contribution is 0.0557. The Morgan fingerprint density at radius 2 is 1.56 bits per heavy atom. The maximum Gasteiger partial charge on any atom is 0.135 e. The minimum Gasteiger partial charge on any atom is -0.495 e. The highest BCUT2D eigenvalue weighted by Gasteiger charge is 2.34. The van der Waals surface area contributed by atoms with Crippen LogP contribution >= 0.6 is 22.6 Å². The van der Waals surface area contributed by atoms with E-state index in [9.17, 15) is 0 Å². The first-order valence-electron chi connectivity index (χ1n) is 12.1. The summed E-state index contributed by atoms with van der Waals surface area (Å²) in [4.78, 5) is 0. The first kappa shape index (κ1) is 27.0. The molecule has 0 saturated carbocycles. The van der Waals surface area contributed by atoms with E-state index in [0.29, 0.717) is 0 Å². The van der Waals surface area contributed by atoms with Crippen molar-refractivity contribution in [2.24, 2.45) is 0 Å². The van der Waals surface area contributed by atoms with Crippen molar-refractivity contribution in [3.63, 3.8) is 0 Å². The Labute approximate surface area is 210 Å². The van der Waals surface area contributed by atoms with Crippen molar-refractivity contribution in [1.82, 2.24) is 0 Å². The quantitative estimate of drug-likeness (QED) is 0.214. The zero-order chi connectivity index (χ0) is 23.9. The molecule has 0 saturated heterocycles. The summed E-state index contributed by atoms with van der Waals surface area (Å²) in [5, 5.41) is 0. The maximum absolute atomic E-state index is 6.66.